The van der Waals surface area contributed by atoms with Gasteiger partial charge in [-0.15, -0.1) is 0 Å². The van der Waals surface area contributed by atoms with Crippen LogP contribution in [0.5, 0.6) is 0 Å². The van der Waals surface area contributed by atoms with Gasteiger partial charge in [-0.05, 0) is 20.9 Å². The fourth-order valence-electron chi connectivity index (χ4n) is 2.05. The van der Waals surface area contributed by atoms with Gasteiger partial charge in [-0.1, -0.05) is 0 Å². The third-order valence-electron chi connectivity index (χ3n) is 3.10. The molecule has 4 atom stereocenters. The second kappa shape index (κ2) is 3.73. The van der Waals surface area contributed by atoms with Crippen LogP contribution in [0.15, 0.2) is 0 Å². The van der Waals surface area contributed by atoms with Crippen molar-refractivity contribution >= 4 is 0 Å². The first kappa shape index (κ1) is 9.96. The molecule has 1 heterocycles. The molecule has 3 nitrogen and oxygen atoms in total. The third kappa shape index (κ3) is 1.37. The largest absolute Gasteiger partial charge is 0.377 e. The summed E-state index contributed by atoms with van der Waals surface area (Å²) in [6.07, 6.45) is 0.407. The molecule has 0 aliphatic carbocycles. The predicted molar refractivity (Wildman–Crippen MR) is 48.3 cm³/mol. The van der Waals surface area contributed by atoms with Crippen LogP contribution in [0.1, 0.15) is 13.8 Å². The lowest BCUT2D eigenvalue weighted by Gasteiger charge is -2.20. The van der Waals surface area contributed by atoms with Crippen LogP contribution in [0.2, 0.25) is 0 Å². The number of rotatable bonds is 2. The van der Waals surface area contributed by atoms with E-state index in [9.17, 15) is 0 Å². The molecule has 0 radical (unpaired) electrons. The summed E-state index contributed by atoms with van der Waals surface area (Å²) in [5, 5.41) is 0. The Balaban J connectivity index is 2.72. The Morgan fingerprint density at radius 1 is 0.917 bits per heavy atom. The Morgan fingerprint density at radius 3 is 1.50 bits per heavy atom. The summed E-state index contributed by atoms with van der Waals surface area (Å²) in [4.78, 5) is 2.29. The SMILES string of the molecule is CO[C@@H]1[C@@H](OC)[C@@H](C)N(C)[C@@H]1C. The maximum atomic E-state index is 5.40. The Morgan fingerprint density at radius 2 is 1.25 bits per heavy atom. The molecule has 3 heteroatoms. The number of hydrogen-bond acceptors (Lipinski definition) is 3. The molecule has 1 aliphatic heterocycles. The first-order chi connectivity index (χ1) is 5.63. The van der Waals surface area contributed by atoms with Crippen LogP contribution in [-0.4, -0.2) is 50.5 Å². The molecule has 12 heavy (non-hydrogen) atoms. The van der Waals surface area contributed by atoms with E-state index in [0.717, 1.165) is 0 Å². The molecular formula is C9H19NO2. The summed E-state index contributed by atoms with van der Waals surface area (Å²) in [7, 11) is 5.61. The van der Waals surface area contributed by atoms with E-state index in [0.29, 0.717) is 12.1 Å². The highest BCUT2D eigenvalue weighted by atomic mass is 16.5. The molecule has 72 valence electrons. The molecule has 1 aliphatic rings. The number of nitrogens with zero attached hydrogens (tertiary/aromatic N) is 1. The first-order valence-corrected chi connectivity index (χ1v) is 4.41. The highest BCUT2D eigenvalue weighted by Crippen LogP contribution is 2.26. The molecule has 0 unspecified atom stereocenters. The third-order valence-corrected chi connectivity index (χ3v) is 3.10. The molecule has 0 N–H and O–H groups in total. The van der Waals surface area contributed by atoms with E-state index < -0.39 is 0 Å². The Bertz CT molecular complexity index is 135. The quantitative estimate of drug-likeness (QED) is 0.614. The van der Waals surface area contributed by atoms with Crippen molar-refractivity contribution in [3.8, 4) is 0 Å². The fraction of sp³-hybridized carbons (Fsp3) is 1.00. The lowest BCUT2D eigenvalue weighted by atomic mass is 10.1. The van der Waals surface area contributed by atoms with Crippen LogP contribution in [0.4, 0.5) is 0 Å². The van der Waals surface area contributed by atoms with Crippen molar-refractivity contribution in [1.29, 1.82) is 0 Å². The maximum Gasteiger partial charge on any atom is 0.0999 e. The van der Waals surface area contributed by atoms with E-state index in [-0.39, 0.29) is 12.2 Å². The molecule has 0 bridgehead atoms. The maximum absolute atomic E-state index is 5.40. The highest BCUT2D eigenvalue weighted by molar-refractivity contribution is 4.96. The lowest BCUT2D eigenvalue weighted by molar-refractivity contribution is -0.0244. The van der Waals surface area contributed by atoms with Gasteiger partial charge in [0.1, 0.15) is 0 Å². The van der Waals surface area contributed by atoms with E-state index in [2.05, 4.69) is 25.8 Å². The van der Waals surface area contributed by atoms with Gasteiger partial charge in [0.2, 0.25) is 0 Å². The summed E-state index contributed by atoms with van der Waals surface area (Å²) in [6, 6.07) is 0.880. The van der Waals surface area contributed by atoms with Crippen molar-refractivity contribution in [1.82, 2.24) is 4.90 Å². The van der Waals surface area contributed by atoms with Crippen molar-refractivity contribution in [2.24, 2.45) is 0 Å². The van der Waals surface area contributed by atoms with Crippen molar-refractivity contribution in [3.05, 3.63) is 0 Å². The molecule has 0 spiro atoms. The van der Waals surface area contributed by atoms with Crippen molar-refractivity contribution in [2.45, 2.75) is 38.1 Å². The van der Waals surface area contributed by atoms with E-state index in [1.54, 1.807) is 14.2 Å². The minimum absolute atomic E-state index is 0.204. The van der Waals surface area contributed by atoms with E-state index >= 15 is 0 Å². The van der Waals surface area contributed by atoms with Gasteiger partial charge in [0.05, 0.1) is 12.2 Å². The van der Waals surface area contributed by atoms with Crippen LogP contribution in [0.3, 0.4) is 0 Å². The molecule has 0 aromatic rings. The summed E-state index contributed by atoms with van der Waals surface area (Å²) < 4.78 is 10.8. The predicted octanol–water partition coefficient (Wildman–Crippen LogP) is 0.739. The normalized spacial score (nSPS) is 43.8. The summed E-state index contributed by atoms with van der Waals surface area (Å²) in [5.74, 6) is 0. The molecule has 0 aromatic carbocycles. The molecule has 1 saturated heterocycles. The van der Waals surface area contributed by atoms with Gasteiger partial charge < -0.3 is 9.47 Å². The number of likely N-dealkylation sites (tertiary alicyclic amines) is 1. The van der Waals surface area contributed by atoms with Crippen LogP contribution in [0.25, 0.3) is 0 Å². The standard InChI is InChI=1S/C9H19NO2/c1-6-8(11-4)9(12-5)7(2)10(6)3/h6-9H,1-5H3/t6-,7-,8+,9+/m1/s1. The monoisotopic (exact) mass is 173 g/mol. The molecule has 1 rings (SSSR count). The topological polar surface area (TPSA) is 21.7 Å². The smallest absolute Gasteiger partial charge is 0.0999 e. The molecular weight excluding hydrogens is 154 g/mol. The van der Waals surface area contributed by atoms with Gasteiger partial charge in [-0.25, -0.2) is 0 Å². The lowest BCUT2D eigenvalue weighted by Crippen LogP contribution is -2.34. The minimum atomic E-state index is 0.204. The van der Waals surface area contributed by atoms with Crippen LogP contribution >= 0.6 is 0 Å². The van der Waals surface area contributed by atoms with Gasteiger partial charge in [-0.2, -0.15) is 0 Å². The number of likely N-dealkylation sites (N-methyl/N-ethyl adjacent to an activating group) is 1. The van der Waals surface area contributed by atoms with Crippen molar-refractivity contribution in [3.63, 3.8) is 0 Å². The summed E-state index contributed by atoms with van der Waals surface area (Å²) in [6.45, 7) is 4.34. The second-order valence-electron chi connectivity index (χ2n) is 3.55. The Kier molecular flexibility index (Phi) is 3.09. The zero-order chi connectivity index (χ0) is 9.30. The number of hydrogen-bond donors (Lipinski definition) is 0. The average Bonchev–Trinajstić information content (AvgIpc) is 2.29. The number of methoxy groups -OCH3 is 2. The molecule has 0 amide bonds. The van der Waals surface area contributed by atoms with Gasteiger partial charge in [0.15, 0.2) is 0 Å². The second-order valence-corrected chi connectivity index (χ2v) is 3.55. The molecule has 0 saturated carbocycles. The van der Waals surface area contributed by atoms with E-state index in [1.165, 1.54) is 0 Å². The minimum Gasteiger partial charge on any atom is -0.377 e. The Hall–Kier alpha value is -0.120. The summed E-state index contributed by atoms with van der Waals surface area (Å²) >= 11 is 0. The van der Waals surface area contributed by atoms with Crippen molar-refractivity contribution < 1.29 is 9.47 Å². The van der Waals surface area contributed by atoms with Gasteiger partial charge in [0, 0.05) is 26.3 Å². The zero-order valence-corrected chi connectivity index (χ0v) is 8.57. The van der Waals surface area contributed by atoms with Crippen molar-refractivity contribution in [2.75, 3.05) is 21.3 Å². The van der Waals surface area contributed by atoms with Gasteiger partial charge in [0.25, 0.3) is 0 Å². The van der Waals surface area contributed by atoms with Gasteiger partial charge in [-0.3, -0.25) is 4.90 Å². The fourth-order valence-corrected chi connectivity index (χ4v) is 2.05. The first-order valence-electron chi connectivity index (χ1n) is 4.41. The zero-order valence-electron chi connectivity index (χ0n) is 8.57. The number of ether oxygens (including phenoxy) is 2. The van der Waals surface area contributed by atoms with Crippen LogP contribution in [0, 0.1) is 0 Å². The van der Waals surface area contributed by atoms with Crippen LogP contribution < -0.4 is 0 Å². The highest BCUT2D eigenvalue weighted by Gasteiger charge is 2.43. The summed E-state index contributed by atoms with van der Waals surface area (Å²) in [5.41, 5.74) is 0. The van der Waals surface area contributed by atoms with E-state index in [1.807, 2.05) is 0 Å². The Labute approximate surface area is 74.6 Å². The van der Waals surface area contributed by atoms with Crippen LogP contribution in [-0.2, 0) is 9.47 Å². The molecule has 0 aromatic heterocycles. The average molecular weight is 173 g/mol. The molecule has 1 fully saturated rings. The van der Waals surface area contributed by atoms with Gasteiger partial charge >= 0.3 is 0 Å². The van der Waals surface area contributed by atoms with E-state index in [4.69, 9.17) is 9.47 Å².